The van der Waals surface area contributed by atoms with Gasteiger partial charge in [0.1, 0.15) is 0 Å². The summed E-state index contributed by atoms with van der Waals surface area (Å²) in [6.07, 6.45) is 8.42. The van der Waals surface area contributed by atoms with Crippen LogP contribution in [-0.2, 0) is 14.9 Å². The molecule has 0 unspecified atom stereocenters. The van der Waals surface area contributed by atoms with E-state index in [-0.39, 0.29) is 5.41 Å². The molecule has 0 N–H and O–H groups in total. The zero-order chi connectivity index (χ0) is 24.1. The summed E-state index contributed by atoms with van der Waals surface area (Å²) >= 11 is 0. The Kier molecular flexibility index (Phi) is 12.6. The lowest BCUT2D eigenvalue weighted by Crippen LogP contribution is -2.23. The van der Waals surface area contributed by atoms with Gasteiger partial charge in [0.05, 0.1) is 24.3 Å². The minimum Gasteiger partial charge on any atom is -0.462 e. The van der Waals surface area contributed by atoms with E-state index in [2.05, 4.69) is 27.7 Å². The number of rotatable bonds is 14. The molecule has 1 rings (SSSR count). The van der Waals surface area contributed by atoms with E-state index < -0.39 is 11.9 Å². The second-order valence-electron chi connectivity index (χ2n) is 10.7. The van der Waals surface area contributed by atoms with E-state index in [9.17, 15) is 9.59 Å². The standard InChI is InChI=1S/C28H46O4/c1-21(2)15-10-8-12-19-31-26(29)23-17-14-18-24(28(5,6)7)25(23)27(30)32-20-13-9-11-16-22(3)4/h14,17-18,21-22H,8-13,15-16,19-20H2,1-7H3. The monoisotopic (exact) mass is 446 g/mol. The molecule has 1 aromatic rings. The first-order valence-corrected chi connectivity index (χ1v) is 12.5. The van der Waals surface area contributed by atoms with Crippen LogP contribution in [0, 0.1) is 11.8 Å². The van der Waals surface area contributed by atoms with E-state index in [1.165, 1.54) is 12.8 Å². The van der Waals surface area contributed by atoms with Gasteiger partial charge in [0.2, 0.25) is 0 Å². The molecular formula is C28H46O4. The van der Waals surface area contributed by atoms with Crippen molar-refractivity contribution >= 4 is 11.9 Å². The average Bonchev–Trinajstić information content (AvgIpc) is 2.71. The molecule has 182 valence electrons. The number of carbonyl (C=O) groups is 2. The van der Waals surface area contributed by atoms with Gasteiger partial charge in [-0.3, -0.25) is 0 Å². The van der Waals surface area contributed by atoms with Crippen molar-refractivity contribution in [1.29, 1.82) is 0 Å². The maximum atomic E-state index is 13.0. The summed E-state index contributed by atoms with van der Waals surface area (Å²) in [5.41, 5.74) is 1.18. The number of hydrogen-bond donors (Lipinski definition) is 0. The highest BCUT2D eigenvalue weighted by atomic mass is 16.5. The summed E-state index contributed by atoms with van der Waals surface area (Å²) < 4.78 is 11.1. The highest BCUT2D eigenvalue weighted by Crippen LogP contribution is 2.29. The molecule has 0 aromatic heterocycles. The molecule has 0 amide bonds. The Hall–Kier alpha value is -1.84. The minimum atomic E-state index is -0.441. The summed E-state index contributed by atoms with van der Waals surface area (Å²) in [5, 5.41) is 0. The van der Waals surface area contributed by atoms with Gasteiger partial charge in [-0.05, 0) is 41.7 Å². The summed E-state index contributed by atoms with van der Waals surface area (Å²) in [6.45, 7) is 15.7. The zero-order valence-corrected chi connectivity index (χ0v) is 21.6. The Morgan fingerprint density at radius 3 is 1.72 bits per heavy atom. The van der Waals surface area contributed by atoms with E-state index in [4.69, 9.17) is 9.47 Å². The molecule has 4 nitrogen and oxygen atoms in total. The molecule has 0 bridgehead atoms. The lowest BCUT2D eigenvalue weighted by molar-refractivity contribution is 0.0448. The van der Waals surface area contributed by atoms with Gasteiger partial charge in [0, 0.05) is 0 Å². The van der Waals surface area contributed by atoms with E-state index in [1.54, 1.807) is 6.07 Å². The van der Waals surface area contributed by atoms with Crippen LogP contribution in [0.1, 0.15) is 126 Å². The second kappa shape index (κ2) is 14.3. The lowest BCUT2D eigenvalue weighted by Gasteiger charge is -2.23. The number of benzene rings is 1. The van der Waals surface area contributed by atoms with Crippen LogP contribution in [0.15, 0.2) is 18.2 Å². The van der Waals surface area contributed by atoms with E-state index in [1.807, 2.05) is 32.9 Å². The summed E-state index contributed by atoms with van der Waals surface area (Å²) in [6, 6.07) is 5.40. The van der Waals surface area contributed by atoms with Gasteiger partial charge in [-0.1, -0.05) is 99.1 Å². The molecule has 1 aromatic carbocycles. The molecule has 4 heteroatoms. The molecule has 0 fully saturated rings. The number of esters is 2. The Bertz CT molecular complexity index is 698. The topological polar surface area (TPSA) is 52.6 Å². The predicted octanol–water partition coefficient (Wildman–Crippen LogP) is 7.73. The highest BCUT2D eigenvalue weighted by molar-refractivity contribution is 6.04. The van der Waals surface area contributed by atoms with Crippen LogP contribution in [0.4, 0.5) is 0 Å². The van der Waals surface area contributed by atoms with Crippen molar-refractivity contribution in [3.05, 3.63) is 34.9 Å². The Morgan fingerprint density at radius 1 is 0.750 bits per heavy atom. The first kappa shape index (κ1) is 28.2. The molecule has 0 spiro atoms. The Balaban J connectivity index is 2.78. The Morgan fingerprint density at radius 2 is 1.25 bits per heavy atom. The smallest absolute Gasteiger partial charge is 0.339 e. The molecule has 0 atom stereocenters. The number of ether oxygens (including phenoxy) is 2. The van der Waals surface area contributed by atoms with Crippen LogP contribution in [-0.4, -0.2) is 25.2 Å². The fraction of sp³-hybridized carbons (Fsp3) is 0.714. The molecule has 0 aliphatic rings. The summed E-state index contributed by atoms with van der Waals surface area (Å²) in [4.78, 5) is 25.9. The minimum absolute atomic E-state index is 0.293. The number of carbonyl (C=O) groups excluding carboxylic acids is 2. The molecule has 0 saturated heterocycles. The van der Waals surface area contributed by atoms with Crippen molar-refractivity contribution in [3.63, 3.8) is 0 Å². The van der Waals surface area contributed by atoms with Crippen molar-refractivity contribution in [2.75, 3.05) is 13.2 Å². The molecule has 0 aliphatic heterocycles. The third-order valence-corrected chi connectivity index (χ3v) is 5.61. The normalized spacial score (nSPS) is 11.8. The van der Waals surface area contributed by atoms with Gasteiger partial charge in [-0.25, -0.2) is 9.59 Å². The van der Waals surface area contributed by atoms with Crippen molar-refractivity contribution < 1.29 is 19.1 Å². The largest absolute Gasteiger partial charge is 0.462 e. The Labute approximate surface area is 196 Å². The first-order chi connectivity index (χ1) is 15.0. The van der Waals surface area contributed by atoms with Gasteiger partial charge in [0.25, 0.3) is 0 Å². The zero-order valence-electron chi connectivity index (χ0n) is 21.6. The van der Waals surface area contributed by atoms with Crippen LogP contribution < -0.4 is 0 Å². The molecular weight excluding hydrogens is 400 g/mol. The van der Waals surface area contributed by atoms with Crippen molar-refractivity contribution in [3.8, 4) is 0 Å². The fourth-order valence-corrected chi connectivity index (χ4v) is 3.71. The fourth-order valence-electron chi connectivity index (χ4n) is 3.71. The van der Waals surface area contributed by atoms with Crippen LogP contribution in [0.2, 0.25) is 0 Å². The highest BCUT2D eigenvalue weighted by Gasteiger charge is 2.28. The van der Waals surface area contributed by atoms with Crippen LogP contribution in [0.25, 0.3) is 0 Å². The third kappa shape index (κ3) is 10.7. The second-order valence-corrected chi connectivity index (χ2v) is 10.7. The van der Waals surface area contributed by atoms with E-state index in [0.717, 1.165) is 44.1 Å². The molecule has 0 aliphatic carbocycles. The van der Waals surface area contributed by atoms with Gasteiger partial charge in [0.15, 0.2) is 0 Å². The van der Waals surface area contributed by atoms with E-state index >= 15 is 0 Å². The molecule has 0 heterocycles. The van der Waals surface area contributed by atoms with Crippen LogP contribution in [0.3, 0.4) is 0 Å². The van der Waals surface area contributed by atoms with Crippen LogP contribution >= 0.6 is 0 Å². The first-order valence-electron chi connectivity index (χ1n) is 12.5. The molecule has 0 radical (unpaired) electrons. The summed E-state index contributed by atoms with van der Waals surface area (Å²) in [5.74, 6) is 0.522. The van der Waals surface area contributed by atoms with Gasteiger partial charge >= 0.3 is 11.9 Å². The maximum Gasteiger partial charge on any atom is 0.339 e. The average molecular weight is 447 g/mol. The van der Waals surface area contributed by atoms with Crippen LogP contribution in [0.5, 0.6) is 0 Å². The SMILES string of the molecule is CC(C)CCCCCOC(=O)c1cccc(C(C)(C)C)c1C(=O)OCCCCCC(C)C. The van der Waals surface area contributed by atoms with Crippen molar-refractivity contribution in [2.45, 2.75) is 105 Å². The number of hydrogen-bond acceptors (Lipinski definition) is 4. The van der Waals surface area contributed by atoms with Crippen molar-refractivity contribution in [1.82, 2.24) is 0 Å². The van der Waals surface area contributed by atoms with Gasteiger partial charge in [-0.15, -0.1) is 0 Å². The maximum absolute atomic E-state index is 13.0. The van der Waals surface area contributed by atoms with Crippen molar-refractivity contribution in [2.24, 2.45) is 11.8 Å². The van der Waals surface area contributed by atoms with E-state index in [0.29, 0.717) is 36.2 Å². The van der Waals surface area contributed by atoms with Gasteiger partial charge in [-0.2, -0.15) is 0 Å². The predicted molar refractivity (Wildman–Crippen MR) is 132 cm³/mol. The third-order valence-electron chi connectivity index (χ3n) is 5.61. The molecule has 0 saturated carbocycles. The number of unbranched alkanes of at least 4 members (excludes halogenated alkanes) is 4. The lowest BCUT2D eigenvalue weighted by atomic mass is 9.82. The summed E-state index contributed by atoms with van der Waals surface area (Å²) in [7, 11) is 0. The van der Waals surface area contributed by atoms with Gasteiger partial charge < -0.3 is 9.47 Å². The quantitative estimate of drug-likeness (QED) is 0.217. The molecule has 32 heavy (non-hydrogen) atoms.